The number of benzene rings is 1. The monoisotopic (exact) mass is 278 g/mol. The third-order valence-corrected chi connectivity index (χ3v) is 2.90. The summed E-state index contributed by atoms with van der Waals surface area (Å²) in [6.07, 6.45) is 0.269. The molecule has 1 rings (SSSR count). The van der Waals surface area contributed by atoms with Crippen LogP contribution in [-0.2, 0) is 14.3 Å². The van der Waals surface area contributed by atoms with E-state index >= 15 is 0 Å². The van der Waals surface area contributed by atoms with Crippen LogP contribution in [0.4, 0.5) is 0 Å². The topological polar surface area (TPSA) is 52.6 Å². The van der Waals surface area contributed by atoms with E-state index in [-0.39, 0.29) is 31.2 Å². The lowest BCUT2D eigenvalue weighted by molar-refractivity contribution is -0.144. The summed E-state index contributed by atoms with van der Waals surface area (Å²) in [6.45, 7) is 8.01. The predicted molar refractivity (Wildman–Crippen MR) is 77.0 cm³/mol. The third kappa shape index (κ3) is 5.03. The fourth-order valence-electron chi connectivity index (χ4n) is 2.09. The first kappa shape index (κ1) is 16.2. The van der Waals surface area contributed by atoms with Gasteiger partial charge in [-0.1, -0.05) is 17.7 Å². The molecule has 0 aliphatic heterocycles. The lowest BCUT2D eigenvalue weighted by Crippen LogP contribution is -2.15. The largest absolute Gasteiger partial charge is 0.485 e. The smallest absolute Gasteiger partial charge is 0.306 e. The van der Waals surface area contributed by atoms with Crippen molar-refractivity contribution in [1.29, 1.82) is 0 Å². The molecule has 0 saturated heterocycles. The Morgan fingerprint density at radius 3 is 2.20 bits per heavy atom. The Balaban J connectivity index is 2.47. The summed E-state index contributed by atoms with van der Waals surface area (Å²) in [7, 11) is 0. The number of hydrogen-bond donors (Lipinski definition) is 0. The number of carbonyl (C=O) groups excluding carboxylic acids is 2. The van der Waals surface area contributed by atoms with Crippen LogP contribution in [0, 0.1) is 20.8 Å². The van der Waals surface area contributed by atoms with Gasteiger partial charge in [0.2, 0.25) is 0 Å². The van der Waals surface area contributed by atoms with Crippen molar-refractivity contribution in [3.05, 3.63) is 28.8 Å². The predicted octanol–water partition coefficient (Wildman–Crippen LogP) is 2.90. The van der Waals surface area contributed by atoms with Gasteiger partial charge in [0.1, 0.15) is 12.4 Å². The molecule has 4 heteroatoms. The van der Waals surface area contributed by atoms with Crippen LogP contribution in [0.2, 0.25) is 0 Å². The summed E-state index contributed by atoms with van der Waals surface area (Å²) in [5.74, 6) is 0.307. The Bertz CT molecular complexity index is 468. The molecule has 0 radical (unpaired) electrons. The maximum absolute atomic E-state index is 11.7. The lowest BCUT2D eigenvalue weighted by atomic mass is 10.1. The van der Waals surface area contributed by atoms with E-state index < -0.39 is 0 Å². The highest BCUT2D eigenvalue weighted by atomic mass is 16.5. The van der Waals surface area contributed by atoms with Gasteiger partial charge in [0.15, 0.2) is 5.78 Å². The van der Waals surface area contributed by atoms with E-state index in [1.165, 1.54) is 5.56 Å². The molecule has 4 nitrogen and oxygen atoms in total. The minimum atomic E-state index is -0.344. The quantitative estimate of drug-likeness (QED) is 0.720. The van der Waals surface area contributed by atoms with Gasteiger partial charge in [-0.15, -0.1) is 0 Å². The van der Waals surface area contributed by atoms with Crippen LogP contribution >= 0.6 is 0 Å². The molecule has 0 bridgehead atoms. The zero-order valence-electron chi connectivity index (χ0n) is 12.6. The maximum Gasteiger partial charge on any atom is 0.306 e. The van der Waals surface area contributed by atoms with Crippen LogP contribution in [0.1, 0.15) is 36.5 Å². The molecule has 0 aromatic heterocycles. The number of esters is 1. The van der Waals surface area contributed by atoms with Crippen molar-refractivity contribution in [3.63, 3.8) is 0 Å². The van der Waals surface area contributed by atoms with E-state index in [1.54, 1.807) is 6.92 Å². The molecular formula is C16H22O4. The number of ketones is 1. The zero-order chi connectivity index (χ0) is 15.1. The fourth-order valence-corrected chi connectivity index (χ4v) is 2.09. The second-order valence-electron chi connectivity index (χ2n) is 4.86. The molecular weight excluding hydrogens is 256 g/mol. The number of ether oxygens (including phenoxy) is 2. The standard InChI is InChI=1S/C16H22O4/c1-5-19-15(18)7-6-14(17)10-20-16-12(3)8-11(2)9-13(16)4/h8-9H,5-7,10H2,1-4H3. The summed E-state index contributed by atoms with van der Waals surface area (Å²) in [5.41, 5.74) is 3.20. The van der Waals surface area contributed by atoms with E-state index in [2.05, 4.69) is 0 Å². The lowest BCUT2D eigenvalue weighted by Gasteiger charge is -2.12. The molecule has 0 saturated carbocycles. The molecule has 0 aliphatic carbocycles. The van der Waals surface area contributed by atoms with Gasteiger partial charge in [0.05, 0.1) is 13.0 Å². The average Bonchev–Trinajstić information content (AvgIpc) is 2.35. The van der Waals surface area contributed by atoms with Crippen LogP contribution in [-0.4, -0.2) is 25.0 Å². The Morgan fingerprint density at radius 1 is 1.05 bits per heavy atom. The van der Waals surface area contributed by atoms with E-state index in [4.69, 9.17) is 9.47 Å². The minimum absolute atomic E-state index is 0.00978. The number of carbonyl (C=O) groups is 2. The van der Waals surface area contributed by atoms with Crippen molar-refractivity contribution >= 4 is 11.8 Å². The van der Waals surface area contributed by atoms with Gasteiger partial charge in [-0.25, -0.2) is 0 Å². The summed E-state index contributed by atoms with van der Waals surface area (Å²) in [4.78, 5) is 22.8. The first-order valence-corrected chi connectivity index (χ1v) is 6.82. The first-order valence-electron chi connectivity index (χ1n) is 6.82. The molecule has 0 heterocycles. The van der Waals surface area contributed by atoms with Gasteiger partial charge in [0, 0.05) is 6.42 Å². The van der Waals surface area contributed by atoms with Gasteiger partial charge < -0.3 is 9.47 Å². The maximum atomic E-state index is 11.7. The number of hydrogen-bond acceptors (Lipinski definition) is 4. The number of aryl methyl sites for hydroxylation is 3. The van der Waals surface area contributed by atoms with E-state index in [0.717, 1.165) is 16.9 Å². The van der Waals surface area contributed by atoms with Crippen molar-refractivity contribution in [2.45, 2.75) is 40.5 Å². The first-order chi connectivity index (χ1) is 9.43. The summed E-state index contributed by atoms with van der Waals surface area (Å²) >= 11 is 0. The van der Waals surface area contributed by atoms with Crippen molar-refractivity contribution in [1.82, 2.24) is 0 Å². The summed E-state index contributed by atoms with van der Waals surface area (Å²) < 4.78 is 10.3. The van der Waals surface area contributed by atoms with Crippen molar-refractivity contribution in [3.8, 4) is 5.75 Å². The number of Topliss-reactive ketones (excluding diaryl/α,β-unsaturated/α-hetero) is 1. The Kier molecular flexibility index (Phi) is 6.22. The molecule has 1 aromatic rings. The molecule has 0 spiro atoms. The molecule has 0 N–H and O–H groups in total. The molecule has 0 fully saturated rings. The van der Waals surface area contributed by atoms with Crippen LogP contribution in [0.25, 0.3) is 0 Å². The van der Waals surface area contributed by atoms with Crippen LogP contribution in [0.3, 0.4) is 0 Å². The second kappa shape index (κ2) is 7.68. The number of rotatable bonds is 7. The van der Waals surface area contributed by atoms with E-state index in [0.29, 0.717) is 6.61 Å². The highest BCUT2D eigenvalue weighted by Crippen LogP contribution is 2.24. The fraction of sp³-hybridized carbons (Fsp3) is 0.500. The minimum Gasteiger partial charge on any atom is -0.485 e. The van der Waals surface area contributed by atoms with Gasteiger partial charge in [-0.2, -0.15) is 0 Å². The van der Waals surface area contributed by atoms with Crippen molar-refractivity contribution in [2.24, 2.45) is 0 Å². The van der Waals surface area contributed by atoms with Gasteiger partial charge >= 0.3 is 5.97 Å². The molecule has 1 aromatic carbocycles. The Morgan fingerprint density at radius 2 is 1.65 bits per heavy atom. The van der Waals surface area contributed by atoms with E-state index in [1.807, 2.05) is 32.9 Å². The molecule has 0 unspecified atom stereocenters. The van der Waals surface area contributed by atoms with Gasteiger partial charge in [-0.3, -0.25) is 9.59 Å². The van der Waals surface area contributed by atoms with Crippen molar-refractivity contribution < 1.29 is 19.1 Å². The van der Waals surface area contributed by atoms with Gasteiger partial charge in [-0.05, 0) is 38.8 Å². The van der Waals surface area contributed by atoms with Crippen LogP contribution in [0.5, 0.6) is 5.75 Å². The highest BCUT2D eigenvalue weighted by molar-refractivity contribution is 5.84. The molecule has 110 valence electrons. The Labute approximate surface area is 120 Å². The summed E-state index contributed by atoms with van der Waals surface area (Å²) in [5, 5.41) is 0. The molecule has 0 amide bonds. The van der Waals surface area contributed by atoms with Crippen molar-refractivity contribution in [2.75, 3.05) is 13.2 Å². The van der Waals surface area contributed by atoms with Gasteiger partial charge in [0.25, 0.3) is 0 Å². The van der Waals surface area contributed by atoms with E-state index in [9.17, 15) is 9.59 Å². The third-order valence-electron chi connectivity index (χ3n) is 2.90. The SMILES string of the molecule is CCOC(=O)CCC(=O)COc1c(C)cc(C)cc1C. The highest BCUT2D eigenvalue weighted by Gasteiger charge is 2.10. The van der Waals surface area contributed by atoms with Crippen LogP contribution in [0.15, 0.2) is 12.1 Å². The summed E-state index contributed by atoms with van der Waals surface area (Å²) in [6, 6.07) is 4.04. The molecule has 0 aliphatic rings. The molecule has 20 heavy (non-hydrogen) atoms. The second-order valence-corrected chi connectivity index (χ2v) is 4.86. The van der Waals surface area contributed by atoms with Crippen LogP contribution < -0.4 is 4.74 Å². The Hall–Kier alpha value is -1.84. The molecule has 0 atom stereocenters. The zero-order valence-corrected chi connectivity index (χ0v) is 12.6. The average molecular weight is 278 g/mol. The normalized spacial score (nSPS) is 10.2.